The first-order valence-corrected chi connectivity index (χ1v) is 8.07. The van der Waals surface area contributed by atoms with Gasteiger partial charge in [0.15, 0.2) is 0 Å². The van der Waals surface area contributed by atoms with Gasteiger partial charge in [0.1, 0.15) is 5.82 Å². The van der Waals surface area contributed by atoms with Crippen LogP contribution in [0.15, 0.2) is 47.8 Å². The van der Waals surface area contributed by atoms with Crippen LogP contribution in [0.25, 0.3) is 11.3 Å². The Hall–Kier alpha value is -2.24. The minimum atomic E-state index is -0.477. The number of hydrogen-bond donors (Lipinski definition) is 1. The molecule has 3 nitrogen and oxygen atoms in total. The molecule has 0 saturated heterocycles. The van der Waals surface area contributed by atoms with Gasteiger partial charge in [0.25, 0.3) is 5.91 Å². The number of nitrogens with zero attached hydrogens (tertiary/aromatic N) is 1. The lowest BCUT2D eigenvalue weighted by molar-refractivity contribution is 0.102. The van der Waals surface area contributed by atoms with Gasteiger partial charge in [0, 0.05) is 16.6 Å². The molecule has 116 valence electrons. The van der Waals surface area contributed by atoms with Gasteiger partial charge in [-0.25, -0.2) is 9.37 Å². The lowest BCUT2D eigenvalue weighted by Crippen LogP contribution is -2.12. The van der Waals surface area contributed by atoms with E-state index in [1.165, 1.54) is 12.1 Å². The number of amides is 1. The van der Waals surface area contributed by atoms with Gasteiger partial charge in [-0.2, -0.15) is 0 Å². The molecule has 1 heterocycles. The lowest BCUT2D eigenvalue weighted by atomic mass is 10.1. The van der Waals surface area contributed by atoms with Crippen LogP contribution < -0.4 is 5.32 Å². The Morgan fingerprint density at radius 3 is 2.57 bits per heavy atom. The maximum absolute atomic E-state index is 13.0. The number of nitrogens with one attached hydrogen (secondary N) is 1. The number of rotatable bonds is 3. The van der Waals surface area contributed by atoms with Crippen LogP contribution in [0.5, 0.6) is 0 Å². The van der Waals surface area contributed by atoms with Gasteiger partial charge in [0.05, 0.1) is 21.3 Å². The summed E-state index contributed by atoms with van der Waals surface area (Å²) in [6, 6.07) is 11.0. The average molecular weight is 347 g/mol. The SMILES string of the molecule is Cc1nc(-c2ccc(NC(=O)c3ccc(F)cc3Cl)cc2)cs1. The molecule has 0 radical (unpaired) electrons. The van der Waals surface area contributed by atoms with Crippen molar-refractivity contribution >= 4 is 34.5 Å². The summed E-state index contributed by atoms with van der Waals surface area (Å²) in [5.41, 5.74) is 2.75. The highest BCUT2D eigenvalue weighted by atomic mass is 35.5. The van der Waals surface area contributed by atoms with Crippen molar-refractivity contribution < 1.29 is 9.18 Å². The van der Waals surface area contributed by atoms with Gasteiger partial charge in [0.2, 0.25) is 0 Å². The number of benzene rings is 2. The fourth-order valence-corrected chi connectivity index (χ4v) is 2.97. The molecule has 0 bridgehead atoms. The van der Waals surface area contributed by atoms with Crippen molar-refractivity contribution in [3.63, 3.8) is 0 Å². The van der Waals surface area contributed by atoms with Crippen LogP contribution in [-0.4, -0.2) is 10.9 Å². The third-order valence-electron chi connectivity index (χ3n) is 3.23. The predicted octanol–water partition coefficient (Wildman–Crippen LogP) is 5.16. The maximum atomic E-state index is 13.0. The standard InChI is InChI=1S/C17H12ClFN2OS/c1-10-20-16(9-23-10)11-2-5-13(6-3-11)21-17(22)14-7-4-12(19)8-15(14)18/h2-9H,1H3,(H,21,22). The summed E-state index contributed by atoms with van der Waals surface area (Å²) in [6.45, 7) is 1.95. The van der Waals surface area contributed by atoms with Gasteiger partial charge in [-0.3, -0.25) is 4.79 Å². The van der Waals surface area contributed by atoms with Crippen LogP contribution in [0.4, 0.5) is 10.1 Å². The second-order valence-corrected chi connectivity index (χ2v) is 6.38. The number of carbonyl (C=O) groups is 1. The second-order valence-electron chi connectivity index (χ2n) is 4.91. The minimum Gasteiger partial charge on any atom is -0.322 e. The summed E-state index contributed by atoms with van der Waals surface area (Å²) in [6.07, 6.45) is 0. The number of hydrogen-bond acceptors (Lipinski definition) is 3. The molecule has 0 fully saturated rings. The van der Waals surface area contributed by atoms with Gasteiger partial charge in [-0.15, -0.1) is 11.3 Å². The molecular weight excluding hydrogens is 335 g/mol. The Bertz CT molecular complexity index is 861. The van der Waals surface area contributed by atoms with E-state index < -0.39 is 5.82 Å². The summed E-state index contributed by atoms with van der Waals surface area (Å²) < 4.78 is 13.0. The highest BCUT2D eigenvalue weighted by Crippen LogP contribution is 2.24. The Kier molecular flexibility index (Phi) is 4.41. The molecule has 6 heteroatoms. The highest BCUT2D eigenvalue weighted by Gasteiger charge is 2.11. The second kappa shape index (κ2) is 6.48. The number of aromatic nitrogens is 1. The molecule has 23 heavy (non-hydrogen) atoms. The molecule has 1 amide bonds. The number of halogens is 2. The van der Waals surface area contributed by atoms with E-state index in [1.54, 1.807) is 23.5 Å². The molecular formula is C17H12ClFN2OS. The van der Waals surface area contributed by atoms with Gasteiger partial charge in [-0.1, -0.05) is 23.7 Å². The van der Waals surface area contributed by atoms with Crippen molar-refractivity contribution in [2.24, 2.45) is 0 Å². The minimum absolute atomic E-state index is 0.0806. The van der Waals surface area contributed by atoms with Crippen LogP contribution in [0, 0.1) is 12.7 Å². The third kappa shape index (κ3) is 3.57. The Labute approximate surface area is 141 Å². The third-order valence-corrected chi connectivity index (χ3v) is 4.32. The number of aryl methyl sites for hydroxylation is 1. The summed E-state index contributed by atoms with van der Waals surface area (Å²) in [5, 5.41) is 5.81. The van der Waals surface area contributed by atoms with Crippen molar-refractivity contribution in [2.75, 3.05) is 5.32 Å². The molecule has 0 unspecified atom stereocenters. The number of thiazole rings is 1. The quantitative estimate of drug-likeness (QED) is 0.711. The average Bonchev–Trinajstić information content (AvgIpc) is 2.94. The van der Waals surface area contributed by atoms with Crippen molar-refractivity contribution in [3.05, 3.63) is 69.3 Å². The molecule has 0 saturated carbocycles. The zero-order valence-corrected chi connectivity index (χ0v) is 13.7. The van der Waals surface area contributed by atoms with E-state index in [2.05, 4.69) is 10.3 Å². The normalized spacial score (nSPS) is 10.6. The zero-order chi connectivity index (χ0) is 16.4. The largest absolute Gasteiger partial charge is 0.322 e. The monoisotopic (exact) mass is 346 g/mol. The van der Waals surface area contributed by atoms with E-state index in [0.29, 0.717) is 5.69 Å². The smallest absolute Gasteiger partial charge is 0.257 e. The van der Waals surface area contributed by atoms with E-state index in [1.807, 2.05) is 24.4 Å². The molecule has 3 rings (SSSR count). The summed E-state index contributed by atoms with van der Waals surface area (Å²) in [4.78, 5) is 16.6. The van der Waals surface area contributed by atoms with E-state index in [9.17, 15) is 9.18 Å². The molecule has 0 aliphatic rings. The van der Waals surface area contributed by atoms with Gasteiger partial charge in [-0.05, 0) is 37.3 Å². The molecule has 0 atom stereocenters. The maximum Gasteiger partial charge on any atom is 0.257 e. The molecule has 1 aromatic heterocycles. The first-order chi connectivity index (χ1) is 11.0. The number of carbonyl (C=O) groups excluding carboxylic acids is 1. The molecule has 2 aromatic carbocycles. The molecule has 3 aromatic rings. The van der Waals surface area contributed by atoms with Crippen molar-refractivity contribution in [3.8, 4) is 11.3 Å². The number of anilines is 1. The summed E-state index contributed by atoms with van der Waals surface area (Å²) in [7, 11) is 0. The van der Waals surface area contributed by atoms with Crippen molar-refractivity contribution in [2.45, 2.75) is 6.92 Å². The Morgan fingerprint density at radius 2 is 1.96 bits per heavy atom. The summed E-state index contributed by atoms with van der Waals surface area (Å²) in [5.74, 6) is -0.860. The molecule has 0 aliphatic heterocycles. The van der Waals surface area contributed by atoms with E-state index in [4.69, 9.17) is 11.6 Å². The molecule has 1 N–H and O–H groups in total. The lowest BCUT2D eigenvalue weighted by Gasteiger charge is -2.07. The summed E-state index contributed by atoms with van der Waals surface area (Å²) >= 11 is 7.48. The van der Waals surface area contributed by atoms with Crippen molar-refractivity contribution in [1.82, 2.24) is 4.98 Å². The molecule has 0 aliphatic carbocycles. The van der Waals surface area contributed by atoms with Crippen LogP contribution >= 0.6 is 22.9 Å². The Balaban J connectivity index is 1.76. The molecule has 0 spiro atoms. The Morgan fingerprint density at radius 1 is 1.22 bits per heavy atom. The van der Waals surface area contributed by atoms with Crippen LogP contribution in [-0.2, 0) is 0 Å². The van der Waals surface area contributed by atoms with Crippen LogP contribution in [0.2, 0.25) is 5.02 Å². The van der Waals surface area contributed by atoms with E-state index >= 15 is 0 Å². The fraction of sp³-hybridized carbons (Fsp3) is 0.0588. The first kappa shape index (κ1) is 15.6. The predicted molar refractivity (Wildman–Crippen MR) is 91.7 cm³/mol. The first-order valence-electron chi connectivity index (χ1n) is 6.82. The van der Waals surface area contributed by atoms with Gasteiger partial charge < -0.3 is 5.32 Å². The highest BCUT2D eigenvalue weighted by molar-refractivity contribution is 7.09. The van der Waals surface area contributed by atoms with Crippen molar-refractivity contribution in [1.29, 1.82) is 0 Å². The van der Waals surface area contributed by atoms with Crippen LogP contribution in [0.1, 0.15) is 15.4 Å². The van der Waals surface area contributed by atoms with E-state index in [-0.39, 0.29) is 16.5 Å². The fourth-order valence-electron chi connectivity index (χ4n) is 2.09. The topological polar surface area (TPSA) is 42.0 Å². The van der Waals surface area contributed by atoms with Crippen LogP contribution in [0.3, 0.4) is 0 Å². The van der Waals surface area contributed by atoms with E-state index in [0.717, 1.165) is 22.3 Å². The zero-order valence-electron chi connectivity index (χ0n) is 12.1. The van der Waals surface area contributed by atoms with Gasteiger partial charge >= 0.3 is 0 Å².